The molecule has 0 aliphatic carbocycles. The van der Waals surface area contributed by atoms with E-state index >= 15 is 0 Å². The molecule has 1 aromatic heterocycles. The number of nitrogens with zero attached hydrogens (tertiary/aromatic N) is 3. The quantitative estimate of drug-likeness (QED) is 0.684. The first-order valence-electron chi connectivity index (χ1n) is 6.55. The lowest BCUT2D eigenvalue weighted by molar-refractivity contribution is -0.122. The number of carbonyl (C=O) groups is 1. The van der Waals surface area contributed by atoms with Crippen LogP contribution in [0.2, 0.25) is 0 Å². The van der Waals surface area contributed by atoms with Crippen LogP contribution in [-0.4, -0.2) is 42.1 Å². The second kappa shape index (κ2) is 4.56. The van der Waals surface area contributed by atoms with Gasteiger partial charge in [0.25, 0.3) is 0 Å². The van der Waals surface area contributed by atoms with Gasteiger partial charge in [-0.2, -0.15) is 9.97 Å². The van der Waals surface area contributed by atoms with Gasteiger partial charge in [-0.3, -0.25) is 4.79 Å². The molecule has 2 aliphatic heterocycles. The van der Waals surface area contributed by atoms with E-state index in [9.17, 15) is 4.79 Å². The molecule has 2 atom stereocenters. The number of amides is 1. The van der Waals surface area contributed by atoms with Gasteiger partial charge in [0.15, 0.2) is 0 Å². The van der Waals surface area contributed by atoms with Crippen LogP contribution in [0.5, 0.6) is 0 Å². The molecule has 2 unspecified atom stereocenters. The summed E-state index contributed by atoms with van der Waals surface area (Å²) in [6, 6.07) is 2.06. The van der Waals surface area contributed by atoms with E-state index in [2.05, 4.69) is 25.5 Å². The molecule has 1 aromatic rings. The van der Waals surface area contributed by atoms with Gasteiger partial charge in [-0.1, -0.05) is 0 Å². The van der Waals surface area contributed by atoms with Crippen molar-refractivity contribution in [2.45, 2.75) is 18.9 Å². The summed E-state index contributed by atoms with van der Waals surface area (Å²) in [5.41, 5.74) is 5.73. The highest BCUT2D eigenvalue weighted by molar-refractivity contribution is 5.83. The number of anilines is 3. The Morgan fingerprint density at radius 2 is 2.37 bits per heavy atom. The average molecular weight is 262 g/mol. The summed E-state index contributed by atoms with van der Waals surface area (Å²) in [5.74, 6) is 1.97. The van der Waals surface area contributed by atoms with Crippen LogP contribution in [0.4, 0.5) is 17.6 Å². The number of aromatic nitrogens is 2. The van der Waals surface area contributed by atoms with Gasteiger partial charge >= 0.3 is 0 Å². The van der Waals surface area contributed by atoms with Crippen molar-refractivity contribution in [3.63, 3.8) is 0 Å². The molecule has 0 radical (unpaired) electrons. The Hall–Kier alpha value is -2.05. The third-order valence-corrected chi connectivity index (χ3v) is 3.88. The van der Waals surface area contributed by atoms with Gasteiger partial charge < -0.3 is 21.3 Å². The monoisotopic (exact) mass is 262 g/mol. The highest BCUT2D eigenvalue weighted by atomic mass is 16.2. The fourth-order valence-corrected chi connectivity index (χ4v) is 2.96. The maximum absolute atomic E-state index is 11.8. The van der Waals surface area contributed by atoms with E-state index in [1.807, 2.05) is 6.07 Å². The van der Waals surface area contributed by atoms with Gasteiger partial charge in [0.05, 0.1) is 12.0 Å². The first kappa shape index (κ1) is 12.0. The topological polar surface area (TPSA) is 96.2 Å². The number of hydrogen-bond donors (Lipinski definition) is 3. The Balaban J connectivity index is 1.92. The molecule has 0 bridgehead atoms. The van der Waals surface area contributed by atoms with Crippen molar-refractivity contribution in [2.24, 2.45) is 5.92 Å². The predicted molar refractivity (Wildman–Crippen MR) is 72.9 cm³/mol. The molecule has 7 nitrogen and oxygen atoms in total. The maximum atomic E-state index is 11.8. The SMILES string of the molecule is CNc1cc(N2CCCC3C(=O)NCC32)nc(N)n1. The minimum atomic E-state index is 0.0722. The summed E-state index contributed by atoms with van der Waals surface area (Å²) < 4.78 is 0. The largest absolute Gasteiger partial charge is 0.373 e. The zero-order valence-corrected chi connectivity index (χ0v) is 10.9. The lowest BCUT2D eigenvalue weighted by Crippen LogP contribution is -2.46. The highest BCUT2D eigenvalue weighted by Crippen LogP contribution is 2.31. The Labute approximate surface area is 111 Å². The van der Waals surface area contributed by atoms with Gasteiger partial charge in [-0.25, -0.2) is 0 Å². The van der Waals surface area contributed by atoms with Crippen LogP contribution >= 0.6 is 0 Å². The van der Waals surface area contributed by atoms with Gasteiger partial charge in [-0.15, -0.1) is 0 Å². The van der Waals surface area contributed by atoms with Crippen LogP contribution in [0, 0.1) is 5.92 Å². The van der Waals surface area contributed by atoms with E-state index < -0.39 is 0 Å². The zero-order valence-electron chi connectivity index (χ0n) is 10.9. The number of carbonyl (C=O) groups excluding carboxylic acids is 1. The van der Waals surface area contributed by atoms with Crippen LogP contribution in [0.3, 0.4) is 0 Å². The number of rotatable bonds is 2. The van der Waals surface area contributed by atoms with Crippen LogP contribution in [0.15, 0.2) is 6.07 Å². The second-order valence-corrected chi connectivity index (χ2v) is 4.97. The molecular weight excluding hydrogens is 244 g/mol. The minimum Gasteiger partial charge on any atom is -0.373 e. The molecule has 7 heteroatoms. The Bertz CT molecular complexity index is 505. The molecule has 1 amide bonds. The molecule has 0 spiro atoms. The van der Waals surface area contributed by atoms with E-state index in [1.165, 1.54) is 0 Å². The number of fused-ring (bicyclic) bond motifs is 1. The standard InChI is InChI=1S/C12H18N6O/c1-14-9-5-10(17-12(13)16-9)18-4-2-3-7-8(18)6-15-11(7)19/h5,7-8H,2-4,6H2,1H3,(H,15,19)(H3,13,14,16,17). The van der Waals surface area contributed by atoms with Gasteiger partial charge in [0, 0.05) is 26.2 Å². The minimum absolute atomic E-state index is 0.0722. The number of nitrogens with one attached hydrogen (secondary N) is 2. The van der Waals surface area contributed by atoms with Gasteiger partial charge in [0.1, 0.15) is 11.6 Å². The van der Waals surface area contributed by atoms with E-state index in [0.29, 0.717) is 12.4 Å². The summed E-state index contributed by atoms with van der Waals surface area (Å²) in [5, 5.41) is 5.91. The van der Waals surface area contributed by atoms with E-state index in [4.69, 9.17) is 5.73 Å². The Kier molecular flexibility index (Phi) is 2.88. The highest BCUT2D eigenvalue weighted by Gasteiger charge is 2.41. The molecule has 3 heterocycles. The Morgan fingerprint density at radius 1 is 1.53 bits per heavy atom. The van der Waals surface area contributed by atoms with Crippen molar-refractivity contribution in [2.75, 3.05) is 36.1 Å². The normalized spacial score (nSPS) is 25.9. The van der Waals surface area contributed by atoms with Gasteiger partial charge in [-0.05, 0) is 12.8 Å². The number of nitrogen functional groups attached to an aromatic ring is 1. The molecule has 3 rings (SSSR count). The third-order valence-electron chi connectivity index (χ3n) is 3.88. The lowest BCUT2D eigenvalue weighted by atomic mass is 9.91. The molecule has 19 heavy (non-hydrogen) atoms. The second-order valence-electron chi connectivity index (χ2n) is 4.97. The number of nitrogens with two attached hydrogens (primary N) is 1. The van der Waals surface area contributed by atoms with Crippen molar-refractivity contribution < 1.29 is 4.79 Å². The maximum Gasteiger partial charge on any atom is 0.225 e. The third kappa shape index (κ3) is 2.05. The van der Waals surface area contributed by atoms with Crippen molar-refractivity contribution in [1.29, 1.82) is 0 Å². The van der Waals surface area contributed by atoms with Crippen LogP contribution < -0.4 is 21.3 Å². The summed E-state index contributed by atoms with van der Waals surface area (Å²) in [7, 11) is 1.80. The van der Waals surface area contributed by atoms with Crippen molar-refractivity contribution in [1.82, 2.24) is 15.3 Å². The zero-order chi connectivity index (χ0) is 13.4. The van der Waals surface area contributed by atoms with Gasteiger partial charge in [0.2, 0.25) is 11.9 Å². The van der Waals surface area contributed by atoms with Crippen LogP contribution in [-0.2, 0) is 4.79 Å². The van der Waals surface area contributed by atoms with E-state index in [0.717, 1.165) is 25.2 Å². The molecule has 0 aromatic carbocycles. The average Bonchev–Trinajstić information content (AvgIpc) is 2.80. The molecule has 102 valence electrons. The van der Waals surface area contributed by atoms with Crippen molar-refractivity contribution in [3.05, 3.63) is 6.07 Å². The van der Waals surface area contributed by atoms with Crippen LogP contribution in [0.25, 0.3) is 0 Å². The fourth-order valence-electron chi connectivity index (χ4n) is 2.96. The molecule has 0 saturated carbocycles. The smallest absolute Gasteiger partial charge is 0.225 e. The summed E-state index contributed by atoms with van der Waals surface area (Å²) in [6.45, 7) is 1.58. The summed E-state index contributed by atoms with van der Waals surface area (Å²) in [4.78, 5) is 22.3. The fraction of sp³-hybridized carbons (Fsp3) is 0.583. The molecular formula is C12H18N6O. The Morgan fingerprint density at radius 3 is 3.16 bits per heavy atom. The van der Waals surface area contributed by atoms with E-state index in [1.54, 1.807) is 7.05 Å². The first-order valence-corrected chi connectivity index (χ1v) is 6.55. The van der Waals surface area contributed by atoms with Crippen molar-refractivity contribution in [3.8, 4) is 0 Å². The number of hydrogen-bond acceptors (Lipinski definition) is 6. The molecule has 2 saturated heterocycles. The summed E-state index contributed by atoms with van der Waals surface area (Å²) in [6.07, 6.45) is 1.94. The molecule has 2 fully saturated rings. The summed E-state index contributed by atoms with van der Waals surface area (Å²) >= 11 is 0. The van der Waals surface area contributed by atoms with Crippen molar-refractivity contribution >= 4 is 23.5 Å². The molecule has 4 N–H and O–H groups in total. The molecule has 2 aliphatic rings. The first-order chi connectivity index (χ1) is 9.19. The lowest BCUT2D eigenvalue weighted by Gasteiger charge is -2.36. The number of piperidine rings is 1. The van der Waals surface area contributed by atoms with Crippen LogP contribution in [0.1, 0.15) is 12.8 Å². The van der Waals surface area contributed by atoms with E-state index in [-0.39, 0.29) is 23.8 Å². The predicted octanol–water partition coefficient (Wildman–Crippen LogP) is -0.185.